The summed E-state index contributed by atoms with van der Waals surface area (Å²) in [6.07, 6.45) is -1.68. The van der Waals surface area contributed by atoms with Crippen LogP contribution in [0, 0.1) is 3.70 Å². The third-order valence-electron chi connectivity index (χ3n) is 1.30. The molecule has 0 unspecified atom stereocenters. The van der Waals surface area contributed by atoms with E-state index in [-0.39, 0.29) is 9.39 Å². The van der Waals surface area contributed by atoms with Gasteiger partial charge in [0.25, 0.3) is 6.43 Å². The first-order chi connectivity index (χ1) is 5.54. The summed E-state index contributed by atoms with van der Waals surface area (Å²) in [7, 11) is 0. The lowest BCUT2D eigenvalue weighted by molar-refractivity contribution is 0.148. The molecule has 0 aliphatic carbocycles. The number of nitrogens with two attached hydrogens (primary N) is 1. The van der Waals surface area contributed by atoms with Crippen molar-refractivity contribution in [3.63, 3.8) is 0 Å². The standard InChI is InChI=1S/C6H5F2IN2O/c7-5(8)3-2(10)1-11-6(9)4(3)12/h1,5,12H,10H2. The average Bonchev–Trinajstić information content (AvgIpc) is 1.97. The van der Waals surface area contributed by atoms with Gasteiger partial charge in [-0.05, 0) is 22.6 Å². The van der Waals surface area contributed by atoms with Crippen LogP contribution in [-0.2, 0) is 0 Å². The number of nitrogen functional groups attached to an aromatic ring is 1. The van der Waals surface area contributed by atoms with Crippen LogP contribution >= 0.6 is 22.6 Å². The van der Waals surface area contributed by atoms with Gasteiger partial charge in [0.2, 0.25) is 0 Å². The fourth-order valence-corrected chi connectivity index (χ4v) is 1.16. The van der Waals surface area contributed by atoms with Crippen molar-refractivity contribution in [3.8, 4) is 5.75 Å². The fraction of sp³-hybridized carbons (Fsp3) is 0.167. The van der Waals surface area contributed by atoms with E-state index < -0.39 is 17.7 Å². The molecule has 3 N–H and O–H groups in total. The quantitative estimate of drug-likeness (QED) is 0.612. The monoisotopic (exact) mass is 286 g/mol. The van der Waals surface area contributed by atoms with Gasteiger partial charge in [-0.15, -0.1) is 0 Å². The van der Waals surface area contributed by atoms with Crippen molar-refractivity contribution in [1.29, 1.82) is 0 Å². The van der Waals surface area contributed by atoms with Crippen molar-refractivity contribution in [2.75, 3.05) is 5.73 Å². The Bertz CT molecular complexity index is 306. The molecule has 1 rings (SSSR count). The molecule has 3 nitrogen and oxygen atoms in total. The van der Waals surface area contributed by atoms with E-state index in [0.717, 1.165) is 6.20 Å². The number of anilines is 1. The highest BCUT2D eigenvalue weighted by Crippen LogP contribution is 2.34. The Labute approximate surface area is 80.7 Å². The largest absolute Gasteiger partial charge is 0.505 e. The molecule has 0 saturated carbocycles. The summed E-state index contributed by atoms with van der Waals surface area (Å²) in [5.41, 5.74) is 4.45. The van der Waals surface area contributed by atoms with E-state index in [1.165, 1.54) is 0 Å². The zero-order chi connectivity index (χ0) is 9.30. The molecular formula is C6H5F2IN2O. The molecule has 0 bridgehead atoms. The molecule has 0 aromatic carbocycles. The lowest BCUT2D eigenvalue weighted by Gasteiger charge is -2.06. The van der Waals surface area contributed by atoms with E-state index in [9.17, 15) is 8.78 Å². The molecule has 1 heterocycles. The maximum Gasteiger partial charge on any atom is 0.269 e. The first-order valence-corrected chi connectivity index (χ1v) is 4.03. The number of nitrogens with zero attached hydrogens (tertiary/aromatic N) is 1. The third-order valence-corrected chi connectivity index (χ3v) is 2.09. The van der Waals surface area contributed by atoms with E-state index >= 15 is 0 Å². The molecule has 6 heteroatoms. The normalized spacial score (nSPS) is 10.7. The Hall–Kier alpha value is -0.660. The van der Waals surface area contributed by atoms with Gasteiger partial charge in [0.15, 0.2) is 5.75 Å². The number of alkyl halides is 2. The molecular weight excluding hydrogens is 281 g/mol. The molecule has 0 atom stereocenters. The Balaban J connectivity index is 3.33. The summed E-state index contributed by atoms with van der Waals surface area (Å²) in [5, 5.41) is 9.12. The zero-order valence-electron chi connectivity index (χ0n) is 5.76. The van der Waals surface area contributed by atoms with Crippen molar-refractivity contribution in [1.82, 2.24) is 4.98 Å². The highest BCUT2D eigenvalue weighted by Gasteiger charge is 2.19. The van der Waals surface area contributed by atoms with Gasteiger partial charge in [-0.25, -0.2) is 13.8 Å². The van der Waals surface area contributed by atoms with E-state index in [0.29, 0.717) is 0 Å². The first kappa shape index (κ1) is 9.43. The number of hydrogen-bond donors (Lipinski definition) is 2. The van der Waals surface area contributed by atoms with Crippen LogP contribution in [0.1, 0.15) is 12.0 Å². The molecule has 0 fully saturated rings. The summed E-state index contributed by atoms with van der Waals surface area (Å²) >= 11 is 1.65. The van der Waals surface area contributed by atoms with Gasteiger partial charge >= 0.3 is 0 Å². The number of hydrogen-bond acceptors (Lipinski definition) is 3. The van der Waals surface area contributed by atoms with Crippen molar-refractivity contribution in [3.05, 3.63) is 15.5 Å². The van der Waals surface area contributed by atoms with E-state index in [2.05, 4.69) is 4.98 Å². The number of pyridine rings is 1. The van der Waals surface area contributed by atoms with Gasteiger partial charge in [-0.3, -0.25) is 0 Å². The predicted molar refractivity (Wildman–Crippen MR) is 48.0 cm³/mol. The third kappa shape index (κ3) is 1.57. The van der Waals surface area contributed by atoms with Gasteiger partial charge < -0.3 is 10.8 Å². The van der Waals surface area contributed by atoms with Crippen LogP contribution in [0.5, 0.6) is 5.75 Å². The lowest BCUT2D eigenvalue weighted by Crippen LogP contribution is -1.98. The van der Waals surface area contributed by atoms with Crippen LogP contribution in [-0.4, -0.2) is 10.1 Å². The molecule has 1 aromatic rings. The molecule has 12 heavy (non-hydrogen) atoms. The lowest BCUT2D eigenvalue weighted by atomic mass is 10.2. The first-order valence-electron chi connectivity index (χ1n) is 2.95. The van der Waals surface area contributed by atoms with Crippen molar-refractivity contribution in [2.24, 2.45) is 0 Å². The zero-order valence-corrected chi connectivity index (χ0v) is 7.92. The van der Waals surface area contributed by atoms with Crippen molar-refractivity contribution >= 4 is 28.3 Å². The van der Waals surface area contributed by atoms with Gasteiger partial charge in [0.05, 0.1) is 17.4 Å². The van der Waals surface area contributed by atoms with Gasteiger partial charge in [-0.1, -0.05) is 0 Å². The van der Waals surface area contributed by atoms with Gasteiger partial charge in [0, 0.05) is 0 Å². The van der Waals surface area contributed by atoms with Crippen LogP contribution in [0.3, 0.4) is 0 Å². The summed E-state index contributed by atoms with van der Waals surface area (Å²) in [6, 6.07) is 0. The second-order valence-corrected chi connectivity index (χ2v) is 3.09. The van der Waals surface area contributed by atoms with Gasteiger partial charge in [0.1, 0.15) is 3.70 Å². The minimum atomic E-state index is -2.78. The number of rotatable bonds is 1. The van der Waals surface area contributed by atoms with Crippen molar-refractivity contribution < 1.29 is 13.9 Å². The van der Waals surface area contributed by atoms with Crippen molar-refractivity contribution in [2.45, 2.75) is 6.43 Å². The predicted octanol–water partition coefficient (Wildman–Crippen LogP) is 1.91. The Morgan fingerprint density at radius 1 is 1.58 bits per heavy atom. The summed E-state index contributed by atoms with van der Waals surface area (Å²) < 4.78 is 24.5. The second kappa shape index (κ2) is 3.38. The average molecular weight is 286 g/mol. The van der Waals surface area contributed by atoms with Crippen LogP contribution in [0.15, 0.2) is 6.20 Å². The molecule has 0 radical (unpaired) electrons. The fourth-order valence-electron chi connectivity index (χ4n) is 0.734. The Kier molecular flexibility index (Phi) is 2.65. The van der Waals surface area contributed by atoms with E-state index in [1.807, 2.05) is 0 Å². The number of aromatic nitrogens is 1. The topological polar surface area (TPSA) is 59.1 Å². The Morgan fingerprint density at radius 2 is 2.17 bits per heavy atom. The van der Waals surface area contributed by atoms with E-state index in [4.69, 9.17) is 10.8 Å². The summed E-state index contributed by atoms with van der Waals surface area (Å²) in [5.74, 6) is -0.536. The van der Waals surface area contributed by atoms with Crippen LogP contribution in [0.25, 0.3) is 0 Å². The minimum Gasteiger partial charge on any atom is -0.505 e. The second-order valence-electron chi connectivity index (χ2n) is 2.07. The maximum atomic E-state index is 12.2. The number of halogens is 3. The summed E-state index contributed by atoms with van der Waals surface area (Å²) in [4.78, 5) is 3.60. The molecule has 0 aliphatic rings. The number of aromatic hydroxyl groups is 1. The SMILES string of the molecule is Nc1cnc(I)c(O)c1C(F)F. The molecule has 1 aromatic heterocycles. The highest BCUT2D eigenvalue weighted by molar-refractivity contribution is 14.1. The van der Waals surface area contributed by atoms with Crippen LogP contribution in [0.2, 0.25) is 0 Å². The highest BCUT2D eigenvalue weighted by atomic mass is 127. The summed E-state index contributed by atoms with van der Waals surface area (Å²) in [6.45, 7) is 0. The van der Waals surface area contributed by atoms with Crippen LogP contribution in [0.4, 0.5) is 14.5 Å². The molecule has 0 amide bonds. The van der Waals surface area contributed by atoms with Crippen LogP contribution < -0.4 is 5.73 Å². The molecule has 0 saturated heterocycles. The smallest absolute Gasteiger partial charge is 0.269 e. The van der Waals surface area contributed by atoms with Gasteiger partial charge in [-0.2, -0.15) is 0 Å². The molecule has 0 aliphatic heterocycles. The van der Waals surface area contributed by atoms with E-state index in [1.54, 1.807) is 22.6 Å². The maximum absolute atomic E-state index is 12.2. The minimum absolute atomic E-state index is 0.122. The molecule has 0 spiro atoms. The molecule has 66 valence electrons. The Morgan fingerprint density at radius 3 is 2.58 bits per heavy atom.